The highest BCUT2D eigenvalue weighted by molar-refractivity contribution is 6.21. The SMILES string of the molecule is CC(C)(C)C1=CC(=C(c2c3ccccc3cc3ccccc23)c2c3ccccc3cc3ccccc23)C=C(C(C)(C)C)C1=[OH+]. The predicted molar refractivity (Wildman–Crippen MR) is 191 cm³/mol. The zero-order chi connectivity index (χ0) is 30.8. The van der Waals surface area contributed by atoms with E-state index in [0.717, 1.165) is 16.7 Å². The van der Waals surface area contributed by atoms with Crippen molar-refractivity contribution < 1.29 is 4.79 Å². The van der Waals surface area contributed by atoms with Crippen molar-refractivity contribution in [2.45, 2.75) is 41.5 Å². The first-order valence-corrected chi connectivity index (χ1v) is 15.6. The summed E-state index contributed by atoms with van der Waals surface area (Å²) < 4.78 is 0. The summed E-state index contributed by atoms with van der Waals surface area (Å²) in [4.78, 5) is 11.8. The van der Waals surface area contributed by atoms with Crippen LogP contribution in [0.5, 0.6) is 0 Å². The summed E-state index contributed by atoms with van der Waals surface area (Å²) in [5, 5.41) is 9.76. The highest BCUT2D eigenvalue weighted by Gasteiger charge is 2.39. The molecule has 7 rings (SSSR count). The lowest BCUT2D eigenvalue weighted by atomic mass is 9.70. The highest BCUT2D eigenvalue weighted by Crippen LogP contribution is 2.47. The second kappa shape index (κ2) is 10.2. The van der Waals surface area contributed by atoms with Crippen molar-refractivity contribution in [3.05, 3.63) is 149 Å². The van der Waals surface area contributed by atoms with Gasteiger partial charge < -0.3 is 0 Å². The normalized spacial score (nSPS) is 14.4. The van der Waals surface area contributed by atoms with Crippen molar-refractivity contribution >= 4 is 54.4 Å². The second-order valence-electron chi connectivity index (χ2n) is 14.2. The molecule has 0 unspecified atom stereocenters. The molecule has 1 aliphatic rings. The Morgan fingerprint density at radius 3 is 1.05 bits per heavy atom. The first-order chi connectivity index (χ1) is 21.0. The second-order valence-corrected chi connectivity index (χ2v) is 14.2. The third-order valence-corrected chi connectivity index (χ3v) is 9.06. The number of ketones is 1. The molecule has 216 valence electrons. The lowest BCUT2D eigenvalue weighted by molar-refractivity contribution is 0.486. The molecule has 0 spiro atoms. The van der Waals surface area contributed by atoms with Gasteiger partial charge in [0.1, 0.15) is 0 Å². The summed E-state index contributed by atoms with van der Waals surface area (Å²) in [6.45, 7) is 13.2. The molecular weight excluding hydrogens is 532 g/mol. The number of benzene rings is 6. The molecule has 1 aliphatic carbocycles. The summed E-state index contributed by atoms with van der Waals surface area (Å²) in [6.07, 6.45) is 4.51. The summed E-state index contributed by atoms with van der Waals surface area (Å²) in [6, 6.07) is 39.7. The molecule has 0 saturated heterocycles. The summed E-state index contributed by atoms with van der Waals surface area (Å²) in [7, 11) is 0. The molecule has 44 heavy (non-hydrogen) atoms. The van der Waals surface area contributed by atoms with Crippen LogP contribution >= 0.6 is 0 Å². The quantitative estimate of drug-likeness (QED) is 0.146. The number of hydrogen-bond donors (Lipinski definition) is 0. The standard InChI is InChI=1S/C43H38O/c1-42(2,3)36-25-31(26-37(41(36)44)43(4,5)6)38(39-32-19-11-7-15-27(32)23-28-16-8-12-20-33(28)39)40-34-21-13-9-17-29(34)24-30-18-10-14-22-35(30)40/h7-26H,1-6H3/p+1. The molecule has 6 aromatic carbocycles. The molecule has 1 N–H and O–H groups in total. The van der Waals surface area contributed by atoms with Gasteiger partial charge in [-0.25, -0.2) is 0 Å². The van der Waals surface area contributed by atoms with Crippen LogP contribution in [0.4, 0.5) is 0 Å². The molecule has 0 amide bonds. The van der Waals surface area contributed by atoms with Crippen LogP contribution in [0.1, 0.15) is 52.7 Å². The largest absolute Gasteiger partial charge is 0.347 e. The van der Waals surface area contributed by atoms with Gasteiger partial charge in [-0.2, -0.15) is 0 Å². The van der Waals surface area contributed by atoms with E-state index in [-0.39, 0.29) is 10.8 Å². The van der Waals surface area contributed by atoms with Crippen LogP contribution < -0.4 is 0 Å². The van der Waals surface area contributed by atoms with Crippen LogP contribution in [0.25, 0.3) is 48.7 Å². The number of allylic oxidation sites excluding steroid dienone is 5. The average molecular weight is 572 g/mol. The Kier molecular flexibility index (Phi) is 6.48. The molecule has 6 aromatic rings. The summed E-state index contributed by atoms with van der Waals surface area (Å²) >= 11 is 0. The van der Waals surface area contributed by atoms with Crippen LogP contribution in [0.15, 0.2) is 138 Å². The minimum absolute atomic E-state index is 0.257. The fraction of sp³-hybridized carbons (Fsp3) is 0.186. The highest BCUT2D eigenvalue weighted by atomic mass is 16.1. The Bertz CT molecular complexity index is 1970. The molecule has 0 fully saturated rings. The molecular formula is C43H39O+. The van der Waals surface area contributed by atoms with Gasteiger partial charge in [-0.3, -0.25) is 4.79 Å². The van der Waals surface area contributed by atoms with Gasteiger partial charge in [0.05, 0.1) is 11.1 Å². The van der Waals surface area contributed by atoms with Crippen molar-refractivity contribution in [3.63, 3.8) is 0 Å². The Morgan fingerprint density at radius 2 is 0.750 bits per heavy atom. The molecule has 0 heterocycles. The minimum Gasteiger partial charge on any atom is -0.273 e. The van der Waals surface area contributed by atoms with Gasteiger partial charge in [-0.15, -0.1) is 0 Å². The molecule has 0 aliphatic heterocycles. The van der Waals surface area contributed by atoms with Crippen LogP contribution in [-0.4, -0.2) is 10.6 Å². The molecule has 0 saturated carbocycles. The third-order valence-electron chi connectivity index (χ3n) is 9.06. The lowest BCUT2D eigenvalue weighted by Crippen LogP contribution is -2.28. The maximum absolute atomic E-state index is 11.8. The predicted octanol–water partition coefficient (Wildman–Crippen LogP) is 11.6. The van der Waals surface area contributed by atoms with E-state index < -0.39 is 0 Å². The lowest BCUT2D eigenvalue weighted by Gasteiger charge is -2.29. The van der Waals surface area contributed by atoms with Gasteiger partial charge in [0, 0.05) is 0 Å². The zero-order valence-corrected chi connectivity index (χ0v) is 26.5. The van der Waals surface area contributed by atoms with E-state index in [1.807, 2.05) is 0 Å². The van der Waals surface area contributed by atoms with E-state index in [1.54, 1.807) is 0 Å². The molecule has 0 radical (unpaired) electrons. The van der Waals surface area contributed by atoms with Crippen molar-refractivity contribution in [1.29, 1.82) is 0 Å². The molecule has 0 aromatic heterocycles. The first-order valence-electron chi connectivity index (χ1n) is 15.6. The van der Waals surface area contributed by atoms with E-state index in [0.29, 0.717) is 5.78 Å². The maximum Gasteiger partial charge on any atom is 0.347 e. The molecule has 0 bridgehead atoms. The van der Waals surface area contributed by atoms with Gasteiger partial charge in [-0.1, -0.05) is 139 Å². The third kappa shape index (κ3) is 4.59. The van der Waals surface area contributed by atoms with Crippen molar-refractivity contribution in [2.75, 3.05) is 0 Å². The Hall–Kier alpha value is -4.75. The smallest absolute Gasteiger partial charge is 0.273 e. The van der Waals surface area contributed by atoms with Gasteiger partial charge in [0.2, 0.25) is 0 Å². The number of rotatable bonds is 2. The fourth-order valence-corrected chi connectivity index (χ4v) is 6.90. The van der Waals surface area contributed by atoms with Gasteiger partial charge in [-0.05, 0) is 100 Å². The molecule has 1 nitrogen and oxygen atoms in total. The Labute approximate surface area is 260 Å². The van der Waals surface area contributed by atoms with Crippen LogP contribution in [0.3, 0.4) is 0 Å². The summed E-state index contributed by atoms with van der Waals surface area (Å²) in [5.41, 5.74) is 6.19. The summed E-state index contributed by atoms with van der Waals surface area (Å²) in [5.74, 6) is 0.402. The molecule has 1 heteroatoms. The zero-order valence-electron chi connectivity index (χ0n) is 26.5. The Morgan fingerprint density at radius 1 is 0.455 bits per heavy atom. The minimum atomic E-state index is -0.257. The van der Waals surface area contributed by atoms with Gasteiger partial charge in [0.15, 0.2) is 0 Å². The van der Waals surface area contributed by atoms with Gasteiger partial charge in [0.25, 0.3) is 0 Å². The van der Waals surface area contributed by atoms with E-state index in [9.17, 15) is 4.79 Å². The van der Waals surface area contributed by atoms with Crippen molar-refractivity contribution in [1.82, 2.24) is 0 Å². The van der Waals surface area contributed by atoms with Crippen molar-refractivity contribution in [3.8, 4) is 0 Å². The fourth-order valence-electron chi connectivity index (χ4n) is 6.90. The number of fused-ring (bicyclic) bond motifs is 4. The number of hydrogen-bond acceptors (Lipinski definition) is 0. The van der Waals surface area contributed by atoms with Crippen LogP contribution in [-0.2, 0) is 0 Å². The van der Waals surface area contributed by atoms with E-state index in [4.69, 9.17) is 0 Å². The van der Waals surface area contributed by atoms with Crippen LogP contribution in [0.2, 0.25) is 0 Å². The monoisotopic (exact) mass is 571 g/mol. The molecule has 0 atom stereocenters. The van der Waals surface area contributed by atoms with Gasteiger partial charge >= 0.3 is 5.78 Å². The topological polar surface area (TPSA) is 21.4 Å². The maximum atomic E-state index is 11.8. The van der Waals surface area contributed by atoms with E-state index in [1.165, 1.54) is 59.8 Å². The average Bonchev–Trinajstić information content (AvgIpc) is 2.99. The van der Waals surface area contributed by atoms with Crippen LogP contribution in [0, 0.1) is 10.8 Å². The first kappa shape index (κ1) is 28.0. The number of carbonyl (C=O) groups excluding carboxylic acids is 1. The van der Waals surface area contributed by atoms with E-state index in [2.05, 4.69) is 163 Å². The van der Waals surface area contributed by atoms with E-state index >= 15 is 0 Å². The van der Waals surface area contributed by atoms with Crippen molar-refractivity contribution in [2.24, 2.45) is 10.8 Å². The Balaban J connectivity index is 1.80.